The molecule has 0 aromatic rings. The lowest BCUT2D eigenvalue weighted by atomic mass is 10.0. The molecule has 0 spiro atoms. The number of hydrogen-bond donors (Lipinski definition) is 1. The van der Waals surface area contributed by atoms with Crippen LogP contribution >= 0.6 is 0 Å². The minimum atomic E-state index is -0.718. The Hall–Kier alpha value is -1.09. The van der Waals surface area contributed by atoms with Crippen molar-refractivity contribution in [2.45, 2.75) is 104 Å². The maximum Gasteiger partial charge on any atom is 0.317 e. The fourth-order valence-corrected chi connectivity index (χ4v) is 3.10. The SMILES string of the molecule is CCC/C=C/CCCC(C)N(CC(=O)O)C(C)CCC/C=C/CCC. The Kier molecular flexibility index (Phi) is 15.7. The molecule has 0 radical (unpaired) electrons. The summed E-state index contributed by atoms with van der Waals surface area (Å²) in [5.41, 5.74) is 0. The fraction of sp³-hybridized carbons (Fsp3) is 0.773. The van der Waals surface area contributed by atoms with Gasteiger partial charge in [0.1, 0.15) is 0 Å². The summed E-state index contributed by atoms with van der Waals surface area (Å²) in [5.74, 6) is -0.718. The Bertz CT molecular complexity index is 348. The highest BCUT2D eigenvalue weighted by molar-refractivity contribution is 5.69. The molecule has 0 rings (SSSR count). The second kappa shape index (κ2) is 16.4. The summed E-state index contributed by atoms with van der Waals surface area (Å²) in [7, 11) is 0. The van der Waals surface area contributed by atoms with Crippen molar-refractivity contribution in [3.05, 3.63) is 24.3 Å². The van der Waals surface area contributed by atoms with E-state index in [-0.39, 0.29) is 6.54 Å². The summed E-state index contributed by atoms with van der Waals surface area (Å²) in [6.07, 6.45) is 20.3. The molecule has 0 heterocycles. The van der Waals surface area contributed by atoms with Crippen molar-refractivity contribution < 1.29 is 9.90 Å². The van der Waals surface area contributed by atoms with Crippen molar-refractivity contribution in [2.75, 3.05) is 6.54 Å². The highest BCUT2D eigenvalue weighted by atomic mass is 16.4. The lowest BCUT2D eigenvalue weighted by Crippen LogP contribution is -2.43. The number of nitrogens with zero attached hydrogens (tertiary/aromatic N) is 1. The van der Waals surface area contributed by atoms with Crippen LogP contribution in [0, 0.1) is 0 Å². The molecule has 25 heavy (non-hydrogen) atoms. The molecule has 0 amide bonds. The lowest BCUT2D eigenvalue weighted by molar-refractivity contribution is -0.139. The first-order chi connectivity index (χ1) is 12.0. The van der Waals surface area contributed by atoms with E-state index >= 15 is 0 Å². The summed E-state index contributed by atoms with van der Waals surface area (Å²) in [6, 6.07) is 0.641. The molecule has 0 bridgehead atoms. The molecule has 0 saturated carbocycles. The lowest BCUT2D eigenvalue weighted by Gasteiger charge is -2.33. The first kappa shape index (κ1) is 23.9. The van der Waals surface area contributed by atoms with Gasteiger partial charge in [0.25, 0.3) is 0 Å². The van der Waals surface area contributed by atoms with E-state index in [9.17, 15) is 9.90 Å². The molecule has 0 fully saturated rings. The molecule has 0 aromatic carbocycles. The first-order valence-corrected chi connectivity index (χ1v) is 10.3. The highest BCUT2D eigenvalue weighted by Crippen LogP contribution is 2.16. The van der Waals surface area contributed by atoms with Gasteiger partial charge in [-0.1, -0.05) is 51.0 Å². The van der Waals surface area contributed by atoms with Crippen molar-refractivity contribution in [2.24, 2.45) is 0 Å². The number of unbranched alkanes of at least 4 members (excludes halogenated alkanes) is 4. The van der Waals surface area contributed by atoms with E-state index in [1.807, 2.05) is 0 Å². The summed E-state index contributed by atoms with van der Waals surface area (Å²) < 4.78 is 0. The topological polar surface area (TPSA) is 40.5 Å². The minimum absolute atomic E-state index is 0.152. The molecular weight excluding hydrogens is 310 g/mol. The number of hydrogen-bond acceptors (Lipinski definition) is 2. The van der Waals surface area contributed by atoms with E-state index in [0.29, 0.717) is 12.1 Å². The van der Waals surface area contributed by atoms with Crippen LogP contribution in [0.15, 0.2) is 24.3 Å². The molecule has 3 nitrogen and oxygen atoms in total. The van der Waals surface area contributed by atoms with Crippen LogP contribution in [-0.4, -0.2) is 34.6 Å². The second-order valence-corrected chi connectivity index (χ2v) is 7.15. The van der Waals surface area contributed by atoms with Crippen LogP contribution < -0.4 is 0 Å². The molecule has 0 aliphatic rings. The Balaban J connectivity index is 4.28. The third kappa shape index (κ3) is 13.8. The Morgan fingerprint density at radius 1 is 0.840 bits per heavy atom. The quantitative estimate of drug-likeness (QED) is 0.266. The third-order valence-electron chi connectivity index (χ3n) is 4.68. The molecule has 1 N–H and O–H groups in total. The van der Waals surface area contributed by atoms with Gasteiger partial charge < -0.3 is 5.11 Å². The van der Waals surface area contributed by atoms with Gasteiger partial charge in [-0.3, -0.25) is 9.69 Å². The normalized spacial score (nSPS) is 14.6. The zero-order valence-electron chi connectivity index (χ0n) is 17.0. The largest absolute Gasteiger partial charge is 0.480 e. The van der Waals surface area contributed by atoms with Gasteiger partial charge in [-0.2, -0.15) is 0 Å². The molecule has 146 valence electrons. The average Bonchev–Trinajstić information content (AvgIpc) is 2.58. The first-order valence-electron chi connectivity index (χ1n) is 10.3. The average molecular weight is 352 g/mol. The smallest absolute Gasteiger partial charge is 0.317 e. The predicted molar refractivity (Wildman–Crippen MR) is 109 cm³/mol. The number of rotatable bonds is 16. The molecule has 0 saturated heterocycles. The van der Waals surface area contributed by atoms with Gasteiger partial charge in [0.2, 0.25) is 0 Å². The van der Waals surface area contributed by atoms with Crippen LogP contribution in [0.1, 0.15) is 91.9 Å². The molecule has 2 unspecified atom stereocenters. The van der Waals surface area contributed by atoms with Crippen molar-refractivity contribution in [3.63, 3.8) is 0 Å². The molecule has 3 heteroatoms. The maximum absolute atomic E-state index is 11.3. The van der Waals surface area contributed by atoms with Crippen LogP contribution in [0.4, 0.5) is 0 Å². The molecule has 0 aliphatic heterocycles. The van der Waals surface area contributed by atoms with E-state index in [4.69, 9.17) is 0 Å². The Morgan fingerprint density at radius 3 is 1.60 bits per heavy atom. The minimum Gasteiger partial charge on any atom is -0.480 e. The van der Waals surface area contributed by atoms with Crippen molar-refractivity contribution in [1.29, 1.82) is 0 Å². The van der Waals surface area contributed by atoms with E-state index < -0.39 is 5.97 Å². The van der Waals surface area contributed by atoms with E-state index in [1.165, 1.54) is 12.8 Å². The zero-order chi connectivity index (χ0) is 18.9. The standard InChI is InChI=1S/C22H41NO2/c1-5-7-9-11-13-15-17-20(3)23(19-22(24)25)21(4)18-16-14-12-10-8-6-2/h9-12,20-21H,5-8,13-19H2,1-4H3,(H,24,25)/b11-9+,12-10+. The third-order valence-corrected chi connectivity index (χ3v) is 4.68. The number of aliphatic carboxylic acids is 1. The van der Waals surface area contributed by atoms with Gasteiger partial charge in [-0.25, -0.2) is 0 Å². The maximum atomic E-state index is 11.3. The van der Waals surface area contributed by atoms with E-state index in [2.05, 4.69) is 56.9 Å². The summed E-state index contributed by atoms with van der Waals surface area (Å²) in [6.45, 7) is 8.89. The van der Waals surface area contributed by atoms with Crippen molar-refractivity contribution >= 4 is 5.97 Å². The number of allylic oxidation sites excluding steroid dienone is 4. The highest BCUT2D eigenvalue weighted by Gasteiger charge is 2.21. The summed E-state index contributed by atoms with van der Waals surface area (Å²) >= 11 is 0. The molecular formula is C22H41NO2. The summed E-state index contributed by atoms with van der Waals surface area (Å²) in [5, 5.41) is 9.26. The number of carboxylic acids is 1. The predicted octanol–water partition coefficient (Wildman–Crippen LogP) is 6.20. The summed E-state index contributed by atoms with van der Waals surface area (Å²) in [4.78, 5) is 13.4. The zero-order valence-corrected chi connectivity index (χ0v) is 17.0. The van der Waals surface area contributed by atoms with Crippen molar-refractivity contribution in [3.8, 4) is 0 Å². The van der Waals surface area contributed by atoms with Crippen LogP contribution in [-0.2, 0) is 4.79 Å². The molecule has 0 aliphatic carbocycles. The number of carbonyl (C=O) groups is 1. The van der Waals surface area contributed by atoms with Crippen LogP contribution in [0.5, 0.6) is 0 Å². The van der Waals surface area contributed by atoms with Crippen LogP contribution in [0.25, 0.3) is 0 Å². The van der Waals surface area contributed by atoms with E-state index in [0.717, 1.165) is 51.4 Å². The van der Waals surface area contributed by atoms with Gasteiger partial charge in [0, 0.05) is 12.1 Å². The Labute approximate surface area is 156 Å². The molecule has 2 atom stereocenters. The van der Waals surface area contributed by atoms with E-state index in [1.54, 1.807) is 0 Å². The monoisotopic (exact) mass is 351 g/mol. The van der Waals surface area contributed by atoms with Gasteiger partial charge in [0.15, 0.2) is 0 Å². The van der Waals surface area contributed by atoms with Gasteiger partial charge in [-0.05, 0) is 65.2 Å². The van der Waals surface area contributed by atoms with Gasteiger partial charge >= 0.3 is 5.97 Å². The fourth-order valence-electron chi connectivity index (χ4n) is 3.10. The second-order valence-electron chi connectivity index (χ2n) is 7.15. The van der Waals surface area contributed by atoms with Crippen LogP contribution in [0.2, 0.25) is 0 Å². The number of carboxylic acid groups (broad SMARTS) is 1. The van der Waals surface area contributed by atoms with Crippen LogP contribution in [0.3, 0.4) is 0 Å². The van der Waals surface area contributed by atoms with Crippen molar-refractivity contribution in [1.82, 2.24) is 4.90 Å². The Morgan fingerprint density at radius 2 is 1.24 bits per heavy atom. The van der Waals surface area contributed by atoms with Gasteiger partial charge in [-0.15, -0.1) is 0 Å². The van der Waals surface area contributed by atoms with Gasteiger partial charge in [0.05, 0.1) is 6.54 Å². The molecule has 0 aromatic heterocycles.